The molecule has 0 spiro atoms. The SMILES string of the molecule is COc1ccccc1NCN1C(=O)SC(=Cc2ccccc2Cl)C1=O. The lowest BCUT2D eigenvalue weighted by Gasteiger charge is -2.16. The fourth-order valence-corrected chi connectivity index (χ4v) is 3.34. The first-order valence-corrected chi connectivity index (χ1v) is 8.66. The van der Waals surface area contributed by atoms with Crippen LogP contribution in [0.25, 0.3) is 6.08 Å². The van der Waals surface area contributed by atoms with E-state index >= 15 is 0 Å². The van der Waals surface area contributed by atoms with Crippen molar-refractivity contribution in [2.45, 2.75) is 0 Å². The minimum absolute atomic E-state index is 0.0604. The van der Waals surface area contributed by atoms with Gasteiger partial charge in [0.05, 0.1) is 24.4 Å². The van der Waals surface area contributed by atoms with Crippen LogP contribution in [0.1, 0.15) is 5.56 Å². The molecule has 1 heterocycles. The van der Waals surface area contributed by atoms with Crippen LogP contribution < -0.4 is 10.1 Å². The number of anilines is 1. The Morgan fingerprint density at radius 3 is 2.64 bits per heavy atom. The highest BCUT2D eigenvalue weighted by Crippen LogP contribution is 2.33. The quantitative estimate of drug-likeness (QED) is 0.783. The monoisotopic (exact) mass is 374 g/mol. The van der Waals surface area contributed by atoms with Crippen LogP contribution >= 0.6 is 23.4 Å². The van der Waals surface area contributed by atoms with Crippen LogP contribution in [0.15, 0.2) is 53.4 Å². The summed E-state index contributed by atoms with van der Waals surface area (Å²) >= 11 is 7.01. The summed E-state index contributed by atoms with van der Waals surface area (Å²) in [6, 6.07) is 14.5. The number of hydrogen-bond donors (Lipinski definition) is 1. The summed E-state index contributed by atoms with van der Waals surface area (Å²) in [6.07, 6.45) is 1.64. The molecule has 0 unspecified atom stereocenters. The summed E-state index contributed by atoms with van der Waals surface area (Å²) in [4.78, 5) is 26.2. The van der Waals surface area contributed by atoms with Crippen molar-refractivity contribution in [3.8, 4) is 5.75 Å². The minimum atomic E-state index is -0.350. The fourth-order valence-electron chi connectivity index (χ4n) is 2.32. The summed E-state index contributed by atoms with van der Waals surface area (Å²) < 4.78 is 5.25. The van der Waals surface area contributed by atoms with Crippen molar-refractivity contribution >= 4 is 46.3 Å². The van der Waals surface area contributed by atoms with Gasteiger partial charge in [-0.05, 0) is 41.6 Å². The van der Waals surface area contributed by atoms with Gasteiger partial charge in [-0.15, -0.1) is 0 Å². The molecule has 2 aromatic carbocycles. The molecule has 3 rings (SSSR count). The van der Waals surface area contributed by atoms with Crippen LogP contribution in [0.4, 0.5) is 10.5 Å². The van der Waals surface area contributed by atoms with Crippen molar-refractivity contribution in [2.24, 2.45) is 0 Å². The molecule has 1 aliphatic heterocycles. The van der Waals surface area contributed by atoms with Crippen LogP contribution in [0.3, 0.4) is 0 Å². The number of imide groups is 1. The number of thioether (sulfide) groups is 1. The predicted molar refractivity (Wildman–Crippen MR) is 101 cm³/mol. The Bertz CT molecular complexity index is 854. The molecule has 1 saturated heterocycles. The van der Waals surface area contributed by atoms with Crippen molar-refractivity contribution in [2.75, 3.05) is 19.1 Å². The van der Waals surface area contributed by atoms with E-state index in [0.717, 1.165) is 16.7 Å². The van der Waals surface area contributed by atoms with E-state index in [2.05, 4.69) is 5.32 Å². The third-order valence-electron chi connectivity index (χ3n) is 3.60. The number of carbonyl (C=O) groups is 2. The van der Waals surface area contributed by atoms with E-state index in [0.29, 0.717) is 26.9 Å². The maximum Gasteiger partial charge on any atom is 0.295 e. The van der Waals surface area contributed by atoms with E-state index in [4.69, 9.17) is 16.3 Å². The highest BCUT2D eigenvalue weighted by molar-refractivity contribution is 8.18. The van der Waals surface area contributed by atoms with Crippen molar-refractivity contribution in [1.82, 2.24) is 4.90 Å². The first-order chi connectivity index (χ1) is 12.1. The van der Waals surface area contributed by atoms with E-state index in [1.54, 1.807) is 31.4 Å². The molecule has 0 radical (unpaired) electrons. The molecule has 7 heteroatoms. The lowest BCUT2D eigenvalue weighted by atomic mass is 10.2. The Hall–Kier alpha value is -2.44. The summed E-state index contributed by atoms with van der Waals surface area (Å²) in [5.74, 6) is 0.290. The standard InChI is InChI=1S/C18H15ClN2O3S/c1-24-15-9-5-4-8-14(15)20-11-21-17(22)16(25-18(21)23)10-12-6-2-3-7-13(12)19/h2-10,20H,11H2,1H3. The fraction of sp³-hybridized carbons (Fsp3) is 0.111. The lowest BCUT2D eigenvalue weighted by molar-refractivity contribution is -0.122. The van der Waals surface area contributed by atoms with Crippen LogP contribution in [0.5, 0.6) is 5.75 Å². The van der Waals surface area contributed by atoms with E-state index < -0.39 is 0 Å². The maximum atomic E-state index is 12.5. The second-order valence-corrected chi connectivity index (χ2v) is 6.57. The maximum absolute atomic E-state index is 12.5. The van der Waals surface area contributed by atoms with E-state index in [-0.39, 0.29) is 17.8 Å². The van der Waals surface area contributed by atoms with Gasteiger partial charge in [-0.1, -0.05) is 41.9 Å². The largest absolute Gasteiger partial charge is 0.495 e. The van der Waals surface area contributed by atoms with Crippen LogP contribution in [0.2, 0.25) is 5.02 Å². The normalized spacial score (nSPS) is 15.8. The molecule has 0 aromatic heterocycles. The Morgan fingerprint density at radius 1 is 1.16 bits per heavy atom. The molecular formula is C18H15ClN2O3S. The van der Waals surface area contributed by atoms with Crippen molar-refractivity contribution < 1.29 is 14.3 Å². The van der Waals surface area contributed by atoms with Crippen molar-refractivity contribution in [1.29, 1.82) is 0 Å². The molecule has 0 aliphatic carbocycles. The topological polar surface area (TPSA) is 58.6 Å². The molecule has 1 aliphatic rings. The zero-order valence-corrected chi connectivity index (χ0v) is 14.9. The van der Waals surface area contributed by atoms with Gasteiger partial charge < -0.3 is 10.1 Å². The molecule has 0 bridgehead atoms. The molecule has 0 saturated carbocycles. The predicted octanol–water partition coefficient (Wildman–Crippen LogP) is 4.45. The summed E-state index contributed by atoms with van der Waals surface area (Å²) in [7, 11) is 1.56. The minimum Gasteiger partial charge on any atom is -0.495 e. The number of rotatable bonds is 5. The number of amides is 2. The number of ether oxygens (including phenoxy) is 1. The van der Waals surface area contributed by atoms with Crippen LogP contribution in [-0.4, -0.2) is 29.8 Å². The number of methoxy groups -OCH3 is 1. The number of benzene rings is 2. The highest BCUT2D eigenvalue weighted by atomic mass is 35.5. The number of nitrogens with zero attached hydrogens (tertiary/aromatic N) is 1. The van der Waals surface area contributed by atoms with Gasteiger partial charge in [-0.2, -0.15) is 0 Å². The molecule has 2 aromatic rings. The van der Waals surface area contributed by atoms with E-state index in [1.807, 2.05) is 30.3 Å². The number of carbonyl (C=O) groups excluding carboxylic acids is 2. The number of hydrogen-bond acceptors (Lipinski definition) is 5. The second-order valence-electron chi connectivity index (χ2n) is 5.17. The molecular weight excluding hydrogens is 360 g/mol. The zero-order chi connectivity index (χ0) is 17.8. The number of para-hydroxylation sites is 2. The van der Waals surface area contributed by atoms with Gasteiger partial charge in [0.1, 0.15) is 5.75 Å². The summed E-state index contributed by atoms with van der Waals surface area (Å²) in [5, 5.41) is 3.26. The van der Waals surface area contributed by atoms with Gasteiger partial charge in [-0.25, -0.2) is 0 Å². The Labute approximate surface area is 154 Å². The van der Waals surface area contributed by atoms with Gasteiger partial charge in [0, 0.05) is 5.02 Å². The van der Waals surface area contributed by atoms with Crippen molar-refractivity contribution in [3.63, 3.8) is 0 Å². The average Bonchev–Trinajstić information content (AvgIpc) is 2.89. The van der Waals surface area contributed by atoms with Gasteiger partial charge in [0.2, 0.25) is 0 Å². The smallest absolute Gasteiger partial charge is 0.295 e. The Balaban J connectivity index is 1.75. The average molecular weight is 375 g/mol. The third kappa shape index (κ3) is 3.81. The molecule has 1 fully saturated rings. The molecule has 2 amide bonds. The van der Waals surface area contributed by atoms with Crippen LogP contribution in [0, 0.1) is 0 Å². The second kappa shape index (κ2) is 7.63. The molecule has 25 heavy (non-hydrogen) atoms. The number of nitrogens with one attached hydrogen (secondary N) is 1. The molecule has 128 valence electrons. The summed E-state index contributed by atoms with van der Waals surface area (Å²) in [6.45, 7) is 0.0604. The first-order valence-electron chi connectivity index (χ1n) is 7.47. The van der Waals surface area contributed by atoms with Gasteiger partial charge in [-0.3, -0.25) is 14.5 Å². The summed E-state index contributed by atoms with van der Waals surface area (Å²) in [5.41, 5.74) is 1.41. The first kappa shape index (κ1) is 17.4. The Morgan fingerprint density at radius 2 is 1.88 bits per heavy atom. The third-order valence-corrected chi connectivity index (χ3v) is 4.85. The van der Waals surface area contributed by atoms with Crippen LogP contribution in [-0.2, 0) is 4.79 Å². The zero-order valence-electron chi connectivity index (χ0n) is 13.4. The van der Waals surface area contributed by atoms with Gasteiger partial charge >= 0.3 is 0 Å². The van der Waals surface area contributed by atoms with Gasteiger partial charge in [0.15, 0.2) is 0 Å². The van der Waals surface area contributed by atoms with E-state index in [1.165, 1.54) is 0 Å². The molecule has 1 N–H and O–H groups in total. The highest BCUT2D eigenvalue weighted by Gasteiger charge is 2.35. The van der Waals surface area contributed by atoms with Gasteiger partial charge in [0.25, 0.3) is 11.1 Å². The lowest BCUT2D eigenvalue weighted by Crippen LogP contribution is -2.33. The van der Waals surface area contributed by atoms with E-state index in [9.17, 15) is 9.59 Å². The Kier molecular flexibility index (Phi) is 5.31. The number of halogens is 1. The molecule has 0 atom stereocenters. The molecule has 5 nitrogen and oxygen atoms in total. The van der Waals surface area contributed by atoms with Crippen molar-refractivity contribution in [3.05, 3.63) is 64.0 Å².